The number of thiazole rings is 1. The maximum absolute atomic E-state index is 11.0. The third-order valence-electron chi connectivity index (χ3n) is 3.33. The average molecular weight is 340 g/mol. The smallest absolute Gasteiger partial charge is 0.335 e. The molecule has 6 heteroatoms. The Morgan fingerprint density at radius 3 is 2.88 bits per heavy atom. The predicted octanol–water partition coefficient (Wildman–Crippen LogP) is 4.65. The molecule has 0 bridgehead atoms. The summed E-state index contributed by atoms with van der Waals surface area (Å²) >= 11 is 1.46. The average Bonchev–Trinajstić information content (AvgIpc) is 3.04. The van der Waals surface area contributed by atoms with Crippen molar-refractivity contribution in [3.05, 3.63) is 59.5 Å². The molecule has 0 saturated carbocycles. The summed E-state index contributed by atoms with van der Waals surface area (Å²) < 4.78 is 5.64. The van der Waals surface area contributed by atoms with Gasteiger partial charge in [0.25, 0.3) is 0 Å². The van der Waals surface area contributed by atoms with Crippen molar-refractivity contribution >= 4 is 28.1 Å². The highest BCUT2D eigenvalue weighted by molar-refractivity contribution is 7.14. The van der Waals surface area contributed by atoms with Crippen molar-refractivity contribution in [1.82, 2.24) is 4.98 Å². The lowest BCUT2D eigenvalue weighted by molar-refractivity contribution is 0.0697. The highest BCUT2D eigenvalue weighted by atomic mass is 32.1. The first-order valence-electron chi connectivity index (χ1n) is 7.45. The molecule has 0 amide bonds. The molecule has 0 radical (unpaired) electrons. The van der Waals surface area contributed by atoms with Gasteiger partial charge >= 0.3 is 5.97 Å². The highest BCUT2D eigenvalue weighted by Crippen LogP contribution is 2.33. The number of carbonyl (C=O) groups is 1. The number of para-hydroxylation sites is 1. The topological polar surface area (TPSA) is 71.5 Å². The van der Waals surface area contributed by atoms with Crippen LogP contribution in [0.2, 0.25) is 0 Å². The molecule has 0 aliphatic heterocycles. The minimum absolute atomic E-state index is 0.235. The van der Waals surface area contributed by atoms with E-state index in [0.717, 1.165) is 17.0 Å². The molecule has 1 heterocycles. The number of benzene rings is 2. The van der Waals surface area contributed by atoms with Gasteiger partial charge in [0.1, 0.15) is 5.75 Å². The van der Waals surface area contributed by atoms with Gasteiger partial charge in [0, 0.05) is 16.6 Å². The molecule has 0 spiro atoms. The van der Waals surface area contributed by atoms with E-state index in [0.29, 0.717) is 17.4 Å². The number of aromatic carboxylic acids is 1. The van der Waals surface area contributed by atoms with Gasteiger partial charge in [-0.1, -0.05) is 18.2 Å². The van der Waals surface area contributed by atoms with Crippen LogP contribution in [-0.2, 0) is 0 Å². The monoisotopic (exact) mass is 340 g/mol. The van der Waals surface area contributed by atoms with Crippen molar-refractivity contribution in [3.63, 3.8) is 0 Å². The number of nitrogens with zero attached hydrogens (tertiary/aromatic N) is 1. The minimum Gasteiger partial charge on any atom is -0.493 e. The first-order chi connectivity index (χ1) is 11.7. The molecule has 0 aliphatic rings. The third-order valence-corrected chi connectivity index (χ3v) is 4.09. The summed E-state index contributed by atoms with van der Waals surface area (Å²) in [5.41, 5.74) is 2.68. The zero-order valence-electron chi connectivity index (χ0n) is 13.0. The molecule has 0 unspecified atom stereocenters. The van der Waals surface area contributed by atoms with Crippen molar-refractivity contribution in [2.75, 3.05) is 11.9 Å². The third kappa shape index (κ3) is 3.55. The largest absolute Gasteiger partial charge is 0.493 e. The lowest BCUT2D eigenvalue weighted by Crippen LogP contribution is -1.97. The molecule has 1 aromatic heterocycles. The SMILES string of the molecule is CCOc1ccccc1-c1csc(Nc2cccc(C(=O)O)c2)n1. The van der Waals surface area contributed by atoms with Crippen molar-refractivity contribution in [2.45, 2.75) is 6.92 Å². The van der Waals surface area contributed by atoms with Gasteiger partial charge in [-0.15, -0.1) is 11.3 Å². The lowest BCUT2D eigenvalue weighted by atomic mass is 10.1. The van der Waals surface area contributed by atoms with E-state index >= 15 is 0 Å². The first kappa shape index (κ1) is 16.0. The van der Waals surface area contributed by atoms with Gasteiger partial charge in [-0.05, 0) is 37.3 Å². The molecule has 0 saturated heterocycles. The Labute approximate surface area is 143 Å². The fourth-order valence-corrected chi connectivity index (χ4v) is 3.00. The van der Waals surface area contributed by atoms with Crippen LogP contribution in [0.4, 0.5) is 10.8 Å². The number of anilines is 2. The van der Waals surface area contributed by atoms with Gasteiger partial charge in [0.15, 0.2) is 5.13 Å². The molecule has 3 rings (SSSR count). The molecule has 122 valence electrons. The quantitative estimate of drug-likeness (QED) is 0.683. The zero-order chi connectivity index (χ0) is 16.9. The van der Waals surface area contributed by atoms with Crippen LogP contribution in [0.1, 0.15) is 17.3 Å². The number of hydrogen-bond donors (Lipinski definition) is 2. The molecule has 2 aromatic carbocycles. The van der Waals surface area contributed by atoms with Crippen LogP contribution in [0.5, 0.6) is 5.75 Å². The Morgan fingerprint density at radius 2 is 2.08 bits per heavy atom. The summed E-state index contributed by atoms with van der Waals surface area (Å²) in [6.07, 6.45) is 0. The summed E-state index contributed by atoms with van der Waals surface area (Å²) in [7, 11) is 0. The predicted molar refractivity (Wildman–Crippen MR) is 95.4 cm³/mol. The van der Waals surface area contributed by atoms with Crippen LogP contribution >= 0.6 is 11.3 Å². The van der Waals surface area contributed by atoms with E-state index in [1.54, 1.807) is 18.2 Å². The molecular weight excluding hydrogens is 324 g/mol. The van der Waals surface area contributed by atoms with Gasteiger partial charge in [-0.25, -0.2) is 9.78 Å². The Hall–Kier alpha value is -2.86. The minimum atomic E-state index is -0.955. The van der Waals surface area contributed by atoms with E-state index < -0.39 is 5.97 Å². The van der Waals surface area contributed by atoms with E-state index in [2.05, 4.69) is 10.3 Å². The lowest BCUT2D eigenvalue weighted by Gasteiger charge is -2.07. The van der Waals surface area contributed by atoms with E-state index in [4.69, 9.17) is 9.84 Å². The van der Waals surface area contributed by atoms with E-state index in [-0.39, 0.29) is 5.56 Å². The standard InChI is InChI=1S/C18H16N2O3S/c1-2-23-16-9-4-3-8-14(16)15-11-24-18(20-15)19-13-7-5-6-12(10-13)17(21)22/h3-11H,2H2,1H3,(H,19,20)(H,21,22). The Morgan fingerprint density at radius 1 is 1.25 bits per heavy atom. The van der Waals surface area contributed by atoms with Crippen molar-refractivity contribution in [3.8, 4) is 17.0 Å². The Bertz CT molecular complexity index is 861. The number of nitrogens with one attached hydrogen (secondary N) is 1. The van der Waals surface area contributed by atoms with Gasteiger partial charge in [-0.2, -0.15) is 0 Å². The van der Waals surface area contributed by atoms with E-state index in [9.17, 15) is 4.79 Å². The summed E-state index contributed by atoms with van der Waals surface area (Å²) in [5, 5.41) is 14.8. The number of hydrogen-bond acceptors (Lipinski definition) is 5. The van der Waals surface area contributed by atoms with Gasteiger partial charge in [0.2, 0.25) is 0 Å². The van der Waals surface area contributed by atoms with Crippen LogP contribution in [0.15, 0.2) is 53.9 Å². The summed E-state index contributed by atoms with van der Waals surface area (Å²) in [6, 6.07) is 14.4. The molecule has 2 N–H and O–H groups in total. The summed E-state index contributed by atoms with van der Waals surface area (Å²) in [6.45, 7) is 2.54. The molecule has 0 fully saturated rings. The maximum Gasteiger partial charge on any atom is 0.335 e. The van der Waals surface area contributed by atoms with E-state index in [1.165, 1.54) is 11.3 Å². The number of ether oxygens (including phenoxy) is 1. The van der Waals surface area contributed by atoms with Gasteiger partial charge in [0.05, 0.1) is 17.9 Å². The summed E-state index contributed by atoms with van der Waals surface area (Å²) in [5.74, 6) is -0.158. The zero-order valence-corrected chi connectivity index (χ0v) is 13.8. The Balaban J connectivity index is 1.84. The molecule has 3 aromatic rings. The molecule has 5 nitrogen and oxygen atoms in total. The van der Waals surface area contributed by atoms with Crippen molar-refractivity contribution in [2.24, 2.45) is 0 Å². The molecule has 0 atom stereocenters. The molecule has 24 heavy (non-hydrogen) atoms. The molecular formula is C18H16N2O3S. The van der Waals surface area contributed by atoms with E-state index in [1.807, 2.05) is 42.6 Å². The fourth-order valence-electron chi connectivity index (χ4n) is 2.27. The number of carboxylic acid groups (broad SMARTS) is 1. The first-order valence-corrected chi connectivity index (χ1v) is 8.33. The number of aromatic nitrogens is 1. The van der Waals surface area contributed by atoms with Crippen LogP contribution in [0.3, 0.4) is 0 Å². The highest BCUT2D eigenvalue weighted by Gasteiger charge is 2.10. The van der Waals surface area contributed by atoms with Gasteiger partial charge in [-0.3, -0.25) is 0 Å². The van der Waals surface area contributed by atoms with Crippen molar-refractivity contribution in [1.29, 1.82) is 0 Å². The second-order valence-electron chi connectivity index (χ2n) is 4.98. The second kappa shape index (κ2) is 7.14. The number of rotatable bonds is 6. The van der Waals surface area contributed by atoms with Crippen LogP contribution in [-0.4, -0.2) is 22.7 Å². The van der Waals surface area contributed by atoms with Crippen LogP contribution < -0.4 is 10.1 Å². The normalized spacial score (nSPS) is 10.4. The van der Waals surface area contributed by atoms with Crippen LogP contribution in [0, 0.1) is 0 Å². The fraction of sp³-hybridized carbons (Fsp3) is 0.111. The van der Waals surface area contributed by atoms with Crippen LogP contribution in [0.25, 0.3) is 11.3 Å². The Kier molecular flexibility index (Phi) is 4.77. The van der Waals surface area contributed by atoms with Crippen molar-refractivity contribution < 1.29 is 14.6 Å². The number of carboxylic acids is 1. The molecule has 0 aliphatic carbocycles. The maximum atomic E-state index is 11.0. The van der Waals surface area contributed by atoms with Gasteiger partial charge < -0.3 is 15.2 Å². The second-order valence-corrected chi connectivity index (χ2v) is 5.84. The summed E-state index contributed by atoms with van der Waals surface area (Å²) in [4.78, 5) is 15.6.